The first-order chi connectivity index (χ1) is 10.9. The minimum atomic E-state index is -0.796. The molecule has 1 heterocycles. The molecular weight excluding hydrogens is 431 g/mol. The summed E-state index contributed by atoms with van der Waals surface area (Å²) in [6, 6.07) is 6.38. The van der Waals surface area contributed by atoms with Crippen LogP contribution >= 0.6 is 34.4 Å². The van der Waals surface area contributed by atoms with Gasteiger partial charge in [-0.05, 0) is 53.8 Å². The van der Waals surface area contributed by atoms with Crippen LogP contribution in [0, 0.1) is 3.57 Å². The van der Waals surface area contributed by atoms with Gasteiger partial charge in [-0.25, -0.2) is 4.90 Å². The van der Waals surface area contributed by atoms with Crippen molar-refractivity contribution in [2.24, 2.45) is 5.73 Å². The number of rotatable bonds is 6. The molecule has 2 atom stereocenters. The zero-order valence-corrected chi connectivity index (χ0v) is 15.5. The van der Waals surface area contributed by atoms with Crippen LogP contribution in [0.2, 0.25) is 0 Å². The van der Waals surface area contributed by atoms with Gasteiger partial charge in [0.15, 0.2) is 0 Å². The second kappa shape index (κ2) is 8.11. The molecule has 1 aliphatic rings. The summed E-state index contributed by atoms with van der Waals surface area (Å²) in [5.41, 5.74) is 6.29. The minimum Gasteiger partial charge on any atom is -0.465 e. The first-order valence-corrected chi connectivity index (χ1v) is 9.23. The monoisotopic (exact) mass is 448 g/mol. The van der Waals surface area contributed by atoms with E-state index in [1.807, 2.05) is 12.1 Å². The molecule has 2 N–H and O–H groups in total. The number of nitrogens with zero attached hydrogens (tertiary/aromatic N) is 1. The highest BCUT2D eigenvalue weighted by molar-refractivity contribution is 14.1. The first-order valence-electron chi connectivity index (χ1n) is 7.10. The Morgan fingerprint density at radius 2 is 2.09 bits per heavy atom. The van der Waals surface area contributed by atoms with Crippen molar-refractivity contribution in [3.63, 3.8) is 0 Å². The topological polar surface area (TPSA) is 89.7 Å². The molecule has 2 rings (SSSR count). The molecule has 0 aromatic heterocycles. The highest BCUT2D eigenvalue weighted by Gasteiger charge is 2.40. The number of carbonyl (C=O) groups excluding carboxylic acids is 3. The predicted octanol–water partition coefficient (Wildman–Crippen LogP) is 1.55. The van der Waals surface area contributed by atoms with Crippen LogP contribution in [0.1, 0.15) is 13.3 Å². The van der Waals surface area contributed by atoms with Crippen LogP contribution in [0.5, 0.6) is 0 Å². The van der Waals surface area contributed by atoms with E-state index >= 15 is 0 Å². The van der Waals surface area contributed by atoms with Crippen molar-refractivity contribution in [1.82, 2.24) is 0 Å². The maximum absolute atomic E-state index is 12.4. The van der Waals surface area contributed by atoms with Crippen LogP contribution in [-0.2, 0) is 19.1 Å². The quantitative estimate of drug-likeness (QED) is 0.404. The fraction of sp³-hybridized carbons (Fsp3) is 0.400. The van der Waals surface area contributed by atoms with Gasteiger partial charge in [0.2, 0.25) is 11.8 Å². The number of benzene rings is 1. The van der Waals surface area contributed by atoms with Gasteiger partial charge in [0.1, 0.15) is 6.04 Å². The maximum atomic E-state index is 12.4. The normalized spacial score (nSPS) is 19.1. The van der Waals surface area contributed by atoms with Gasteiger partial charge in [-0.2, -0.15) is 0 Å². The lowest BCUT2D eigenvalue weighted by Crippen LogP contribution is -2.36. The SMILES string of the molecule is CCOC(=O)C(N)CSC1CC(=O)N(c2ccc(I)cc2)C1=O. The summed E-state index contributed by atoms with van der Waals surface area (Å²) in [5.74, 6) is -0.759. The van der Waals surface area contributed by atoms with E-state index in [2.05, 4.69) is 22.6 Å². The number of hydrogen-bond acceptors (Lipinski definition) is 6. The standard InChI is InChI=1S/C15H17IN2O4S/c1-2-22-15(21)11(17)8-23-12-7-13(19)18(14(12)20)10-5-3-9(16)4-6-10/h3-6,11-12H,2,7-8,17H2,1H3. The second-order valence-corrected chi connectivity index (χ2v) is 7.41. The zero-order valence-electron chi connectivity index (χ0n) is 12.5. The van der Waals surface area contributed by atoms with Gasteiger partial charge in [-0.1, -0.05) is 0 Å². The third kappa shape index (κ3) is 4.45. The fourth-order valence-corrected chi connectivity index (χ4v) is 3.58. The average molecular weight is 448 g/mol. The fourth-order valence-electron chi connectivity index (χ4n) is 2.13. The Labute approximate surface area is 152 Å². The number of amides is 2. The van der Waals surface area contributed by atoms with Crippen LogP contribution in [0.15, 0.2) is 24.3 Å². The average Bonchev–Trinajstić information content (AvgIpc) is 2.80. The zero-order chi connectivity index (χ0) is 17.0. The number of imide groups is 1. The van der Waals surface area contributed by atoms with Gasteiger partial charge in [0.25, 0.3) is 0 Å². The molecule has 1 aromatic carbocycles. The van der Waals surface area contributed by atoms with E-state index in [0.717, 1.165) is 3.57 Å². The molecule has 2 amide bonds. The summed E-state index contributed by atoms with van der Waals surface area (Å²) in [6.07, 6.45) is 0.116. The molecule has 1 fully saturated rings. The molecule has 1 aromatic rings. The van der Waals surface area contributed by atoms with Crippen LogP contribution in [0.25, 0.3) is 0 Å². The Hall–Kier alpha value is -1.13. The number of esters is 1. The van der Waals surface area contributed by atoms with Crippen LogP contribution in [0.4, 0.5) is 5.69 Å². The number of hydrogen-bond donors (Lipinski definition) is 1. The van der Waals surface area contributed by atoms with Gasteiger partial charge in [-0.15, -0.1) is 11.8 Å². The van der Waals surface area contributed by atoms with Gasteiger partial charge < -0.3 is 10.5 Å². The molecule has 2 unspecified atom stereocenters. The van der Waals surface area contributed by atoms with Crippen molar-refractivity contribution in [3.05, 3.63) is 27.8 Å². The molecule has 1 aliphatic heterocycles. The summed E-state index contributed by atoms with van der Waals surface area (Å²) in [5, 5.41) is -0.512. The Balaban J connectivity index is 1.98. The van der Waals surface area contributed by atoms with E-state index in [-0.39, 0.29) is 30.6 Å². The van der Waals surface area contributed by atoms with Crippen LogP contribution < -0.4 is 10.6 Å². The van der Waals surface area contributed by atoms with E-state index in [1.165, 1.54) is 16.7 Å². The smallest absolute Gasteiger partial charge is 0.323 e. The Morgan fingerprint density at radius 3 is 2.70 bits per heavy atom. The molecule has 0 aliphatic carbocycles. The molecule has 1 saturated heterocycles. The summed E-state index contributed by atoms with van der Waals surface area (Å²) in [4.78, 5) is 37.2. The lowest BCUT2D eigenvalue weighted by molar-refractivity contribution is -0.144. The third-order valence-electron chi connectivity index (χ3n) is 3.26. The highest BCUT2D eigenvalue weighted by Crippen LogP contribution is 2.30. The van der Waals surface area contributed by atoms with E-state index < -0.39 is 17.3 Å². The van der Waals surface area contributed by atoms with Gasteiger partial charge >= 0.3 is 5.97 Å². The minimum absolute atomic E-state index is 0.116. The number of carbonyl (C=O) groups is 3. The van der Waals surface area contributed by atoms with Crippen molar-refractivity contribution in [2.75, 3.05) is 17.3 Å². The van der Waals surface area contributed by atoms with E-state index in [0.29, 0.717) is 5.69 Å². The molecule has 124 valence electrons. The van der Waals surface area contributed by atoms with E-state index in [4.69, 9.17) is 10.5 Å². The lowest BCUT2D eigenvalue weighted by atomic mass is 10.3. The molecule has 0 radical (unpaired) electrons. The van der Waals surface area contributed by atoms with Gasteiger partial charge in [0.05, 0.1) is 17.5 Å². The summed E-state index contributed by atoms with van der Waals surface area (Å²) < 4.78 is 5.85. The second-order valence-electron chi connectivity index (χ2n) is 4.93. The van der Waals surface area contributed by atoms with Crippen LogP contribution in [0.3, 0.4) is 0 Å². The predicted molar refractivity (Wildman–Crippen MR) is 97.1 cm³/mol. The van der Waals surface area contributed by atoms with E-state index in [1.54, 1.807) is 19.1 Å². The van der Waals surface area contributed by atoms with Crippen molar-refractivity contribution in [2.45, 2.75) is 24.6 Å². The summed E-state index contributed by atoms with van der Waals surface area (Å²) in [6.45, 7) is 1.97. The molecule has 0 bridgehead atoms. The highest BCUT2D eigenvalue weighted by atomic mass is 127. The van der Waals surface area contributed by atoms with E-state index in [9.17, 15) is 14.4 Å². The Bertz CT molecular complexity index is 608. The number of halogens is 1. The summed E-state index contributed by atoms with van der Waals surface area (Å²) >= 11 is 3.38. The van der Waals surface area contributed by atoms with Crippen molar-refractivity contribution in [3.8, 4) is 0 Å². The maximum Gasteiger partial charge on any atom is 0.323 e. The summed E-state index contributed by atoms with van der Waals surface area (Å²) in [7, 11) is 0. The number of nitrogens with two attached hydrogens (primary N) is 1. The number of thioether (sulfide) groups is 1. The largest absolute Gasteiger partial charge is 0.465 e. The molecule has 8 heteroatoms. The molecule has 6 nitrogen and oxygen atoms in total. The van der Waals surface area contributed by atoms with Crippen molar-refractivity contribution in [1.29, 1.82) is 0 Å². The van der Waals surface area contributed by atoms with Crippen molar-refractivity contribution >= 4 is 57.8 Å². The Kier molecular flexibility index (Phi) is 6.42. The number of anilines is 1. The first kappa shape index (κ1) is 18.2. The Morgan fingerprint density at radius 1 is 1.43 bits per heavy atom. The molecular formula is C15H17IN2O4S. The van der Waals surface area contributed by atoms with Crippen LogP contribution in [-0.4, -0.2) is 41.4 Å². The molecule has 23 heavy (non-hydrogen) atoms. The van der Waals surface area contributed by atoms with Gasteiger partial charge in [-0.3, -0.25) is 14.4 Å². The third-order valence-corrected chi connectivity index (χ3v) is 5.30. The van der Waals surface area contributed by atoms with Gasteiger partial charge in [0, 0.05) is 15.7 Å². The molecule has 0 spiro atoms. The molecule has 0 saturated carbocycles. The van der Waals surface area contributed by atoms with Crippen molar-refractivity contribution < 1.29 is 19.1 Å². The number of ether oxygens (including phenoxy) is 1. The lowest BCUT2D eigenvalue weighted by Gasteiger charge is -2.16.